The molecule has 0 amide bonds. The summed E-state index contributed by atoms with van der Waals surface area (Å²) in [7, 11) is 3.90. The van der Waals surface area contributed by atoms with Gasteiger partial charge in [-0.3, -0.25) is 0 Å². The fourth-order valence-electron chi connectivity index (χ4n) is 2.60. The van der Waals surface area contributed by atoms with Crippen LogP contribution < -0.4 is 4.74 Å². The highest BCUT2D eigenvalue weighted by atomic mass is 16.5. The molecule has 3 heteroatoms. The van der Waals surface area contributed by atoms with Gasteiger partial charge in [0.25, 0.3) is 0 Å². The summed E-state index contributed by atoms with van der Waals surface area (Å²) in [5, 5.41) is 0. The number of likely N-dealkylation sites (tertiary alicyclic amines) is 1. The van der Waals surface area contributed by atoms with E-state index >= 15 is 0 Å². The van der Waals surface area contributed by atoms with E-state index < -0.39 is 0 Å². The van der Waals surface area contributed by atoms with Gasteiger partial charge in [-0.2, -0.15) is 0 Å². The molecule has 0 spiro atoms. The molecule has 0 radical (unpaired) electrons. The molecule has 0 bridgehead atoms. The minimum atomic E-state index is 0.793. The predicted molar refractivity (Wildman–Crippen MR) is 69.5 cm³/mol. The van der Waals surface area contributed by atoms with Crippen molar-refractivity contribution in [1.29, 1.82) is 0 Å². The summed E-state index contributed by atoms with van der Waals surface area (Å²) in [5.74, 6) is 1.63. The van der Waals surface area contributed by atoms with Crippen molar-refractivity contribution in [3.8, 4) is 5.88 Å². The van der Waals surface area contributed by atoms with E-state index in [2.05, 4.69) is 29.9 Å². The Labute approximate surface area is 104 Å². The minimum absolute atomic E-state index is 0.793. The molecule has 1 saturated heterocycles. The summed E-state index contributed by atoms with van der Waals surface area (Å²) < 4.78 is 5.32. The molecule has 0 aromatic carbocycles. The van der Waals surface area contributed by atoms with Crippen molar-refractivity contribution in [2.45, 2.75) is 26.2 Å². The molecule has 1 aromatic rings. The van der Waals surface area contributed by atoms with Gasteiger partial charge in [0.15, 0.2) is 0 Å². The topological polar surface area (TPSA) is 25.4 Å². The normalized spacial score (nSPS) is 20.8. The summed E-state index contributed by atoms with van der Waals surface area (Å²) in [6.45, 7) is 4.56. The van der Waals surface area contributed by atoms with Crippen molar-refractivity contribution < 1.29 is 4.74 Å². The molecule has 1 aromatic heterocycles. The molecule has 2 heterocycles. The Morgan fingerprint density at radius 1 is 1.53 bits per heavy atom. The smallest absolute Gasteiger partial charge is 0.216 e. The van der Waals surface area contributed by atoms with Gasteiger partial charge < -0.3 is 9.64 Å². The highest BCUT2D eigenvalue weighted by Crippen LogP contribution is 2.23. The van der Waals surface area contributed by atoms with Gasteiger partial charge in [-0.25, -0.2) is 4.98 Å². The lowest BCUT2D eigenvalue weighted by molar-refractivity contribution is 0.379. The van der Waals surface area contributed by atoms with E-state index in [4.69, 9.17) is 4.74 Å². The van der Waals surface area contributed by atoms with Gasteiger partial charge in [0, 0.05) is 18.3 Å². The van der Waals surface area contributed by atoms with Crippen LogP contribution in [-0.4, -0.2) is 37.1 Å². The molecular weight excluding hydrogens is 212 g/mol. The van der Waals surface area contributed by atoms with Crippen LogP contribution >= 0.6 is 0 Å². The van der Waals surface area contributed by atoms with E-state index in [1.807, 2.05) is 6.20 Å². The molecule has 3 nitrogen and oxygen atoms in total. The molecule has 0 saturated carbocycles. The van der Waals surface area contributed by atoms with Crippen molar-refractivity contribution >= 4 is 0 Å². The van der Waals surface area contributed by atoms with Crippen LogP contribution in [0.1, 0.15) is 24.0 Å². The van der Waals surface area contributed by atoms with E-state index in [0.29, 0.717) is 0 Å². The number of methoxy groups -OCH3 is 1. The Morgan fingerprint density at radius 3 is 3.00 bits per heavy atom. The predicted octanol–water partition coefficient (Wildman–Crippen LogP) is 2.28. The van der Waals surface area contributed by atoms with Crippen LogP contribution in [0.2, 0.25) is 0 Å². The van der Waals surface area contributed by atoms with Gasteiger partial charge in [0.1, 0.15) is 0 Å². The third-order valence-corrected chi connectivity index (χ3v) is 3.57. The molecule has 1 atom stereocenters. The zero-order chi connectivity index (χ0) is 12.3. The average molecular weight is 234 g/mol. The third kappa shape index (κ3) is 3.19. The fourth-order valence-corrected chi connectivity index (χ4v) is 2.60. The minimum Gasteiger partial charge on any atom is -0.481 e. The molecule has 1 aliphatic heterocycles. The second kappa shape index (κ2) is 5.50. The van der Waals surface area contributed by atoms with E-state index in [1.165, 1.54) is 37.1 Å². The Morgan fingerprint density at radius 2 is 2.35 bits per heavy atom. The maximum Gasteiger partial charge on any atom is 0.216 e. The maximum atomic E-state index is 5.32. The Hall–Kier alpha value is -1.09. The quantitative estimate of drug-likeness (QED) is 0.799. The van der Waals surface area contributed by atoms with Crippen LogP contribution in [0.3, 0.4) is 0 Å². The summed E-state index contributed by atoms with van der Waals surface area (Å²) >= 11 is 0. The van der Waals surface area contributed by atoms with Gasteiger partial charge in [0.05, 0.1) is 7.11 Å². The SMILES string of the molecule is COc1ncc(C)cc1CCC1CCN(C)C1. The number of nitrogens with zero attached hydrogens (tertiary/aromatic N) is 2. The van der Waals surface area contributed by atoms with Crippen LogP contribution in [0.25, 0.3) is 0 Å². The second-order valence-electron chi connectivity index (χ2n) is 5.14. The molecule has 1 fully saturated rings. The van der Waals surface area contributed by atoms with Crippen molar-refractivity contribution in [2.75, 3.05) is 27.2 Å². The van der Waals surface area contributed by atoms with Gasteiger partial charge in [-0.15, -0.1) is 0 Å². The summed E-state index contributed by atoms with van der Waals surface area (Å²) in [4.78, 5) is 6.74. The first-order chi connectivity index (χ1) is 8.19. The highest BCUT2D eigenvalue weighted by molar-refractivity contribution is 5.29. The largest absolute Gasteiger partial charge is 0.481 e. The highest BCUT2D eigenvalue weighted by Gasteiger charge is 2.19. The number of rotatable bonds is 4. The lowest BCUT2D eigenvalue weighted by Crippen LogP contribution is -2.14. The van der Waals surface area contributed by atoms with Crippen LogP contribution in [-0.2, 0) is 6.42 Å². The molecule has 94 valence electrons. The average Bonchev–Trinajstić information content (AvgIpc) is 2.73. The summed E-state index contributed by atoms with van der Waals surface area (Å²) in [6, 6.07) is 2.20. The van der Waals surface area contributed by atoms with Crippen LogP contribution in [0.4, 0.5) is 0 Å². The monoisotopic (exact) mass is 234 g/mol. The number of hydrogen-bond donors (Lipinski definition) is 0. The molecule has 0 N–H and O–H groups in total. The Balaban J connectivity index is 1.96. The Bertz CT molecular complexity index is 378. The maximum absolute atomic E-state index is 5.32. The summed E-state index contributed by atoms with van der Waals surface area (Å²) in [5.41, 5.74) is 2.46. The molecule has 1 aliphatic rings. The lowest BCUT2D eigenvalue weighted by atomic mass is 9.99. The van der Waals surface area contributed by atoms with Crippen molar-refractivity contribution in [2.24, 2.45) is 5.92 Å². The van der Waals surface area contributed by atoms with E-state index in [-0.39, 0.29) is 0 Å². The number of ether oxygens (including phenoxy) is 1. The zero-order valence-corrected chi connectivity index (χ0v) is 11.1. The first-order valence-corrected chi connectivity index (χ1v) is 6.37. The van der Waals surface area contributed by atoms with Crippen LogP contribution in [0, 0.1) is 12.8 Å². The van der Waals surface area contributed by atoms with Crippen molar-refractivity contribution in [3.63, 3.8) is 0 Å². The van der Waals surface area contributed by atoms with Crippen LogP contribution in [0.5, 0.6) is 5.88 Å². The molecule has 17 heavy (non-hydrogen) atoms. The number of aromatic nitrogens is 1. The van der Waals surface area contributed by atoms with Gasteiger partial charge in [0.2, 0.25) is 5.88 Å². The molecule has 0 aliphatic carbocycles. The molecule has 1 unspecified atom stereocenters. The third-order valence-electron chi connectivity index (χ3n) is 3.57. The van der Waals surface area contributed by atoms with Crippen molar-refractivity contribution in [3.05, 3.63) is 23.4 Å². The summed E-state index contributed by atoms with van der Waals surface area (Å²) in [6.07, 6.45) is 5.52. The zero-order valence-electron chi connectivity index (χ0n) is 11.1. The van der Waals surface area contributed by atoms with Gasteiger partial charge in [-0.1, -0.05) is 0 Å². The Kier molecular flexibility index (Phi) is 4.00. The second-order valence-corrected chi connectivity index (χ2v) is 5.14. The number of hydrogen-bond acceptors (Lipinski definition) is 3. The first-order valence-electron chi connectivity index (χ1n) is 6.37. The van der Waals surface area contributed by atoms with Gasteiger partial charge in [-0.05, 0) is 57.3 Å². The molecule has 2 rings (SSSR count). The fraction of sp³-hybridized carbons (Fsp3) is 0.643. The van der Waals surface area contributed by atoms with E-state index in [0.717, 1.165) is 18.2 Å². The number of pyridine rings is 1. The van der Waals surface area contributed by atoms with Gasteiger partial charge >= 0.3 is 0 Å². The number of aryl methyl sites for hydroxylation is 2. The van der Waals surface area contributed by atoms with E-state index in [1.54, 1.807) is 7.11 Å². The lowest BCUT2D eigenvalue weighted by Gasteiger charge is -2.12. The standard InChI is InChI=1S/C14H22N2O/c1-11-8-13(14(17-3)15-9-11)5-4-12-6-7-16(2)10-12/h8-9,12H,4-7,10H2,1-3H3. The van der Waals surface area contributed by atoms with Crippen molar-refractivity contribution in [1.82, 2.24) is 9.88 Å². The molecular formula is C14H22N2O. The first kappa shape index (κ1) is 12.4. The van der Waals surface area contributed by atoms with E-state index in [9.17, 15) is 0 Å². The van der Waals surface area contributed by atoms with Crippen LogP contribution in [0.15, 0.2) is 12.3 Å².